The van der Waals surface area contributed by atoms with E-state index >= 15 is 0 Å². The van der Waals surface area contributed by atoms with E-state index in [9.17, 15) is 5.11 Å². The van der Waals surface area contributed by atoms with Gasteiger partial charge in [-0.15, -0.1) is 5.10 Å². The predicted molar refractivity (Wildman–Crippen MR) is 67.9 cm³/mol. The Morgan fingerprint density at radius 3 is 2.24 bits per heavy atom. The molecule has 17 heavy (non-hydrogen) atoms. The van der Waals surface area contributed by atoms with Crippen LogP contribution < -0.4 is 5.32 Å². The van der Waals surface area contributed by atoms with Gasteiger partial charge in [-0.3, -0.25) is 0 Å². The van der Waals surface area contributed by atoms with E-state index in [-0.39, 0.29) is 12.6 Å². The topological polar surface area (TPSA) is 70.9 Å². The standard InChI is InChI=1S/C12H22N4O/c1-5-9-10(6-2)15-16-12(13-9)14-11(7-17)8(3)4/h8,11,17H,5-7H2,1-4H3,(H,13,14,16). The predicted octanol–water partition coefficient (Wildman–Crippen LogP) is 1.43. The third kappa shape index (κ3) is 3.63. The van der Waals surface area contributed by atoms with Crippen molar-refractivity contribution >= 4 is 5.95 Å². The van der Waals surface area contributed by atoms with E-state index in [0.717, 1.165) is 24.2 Å². The fourth-order valence-electron chi connectivity index (χ4n) is 1.59. The van der Waals surface area contributed by atoms with Crippen molar-refractivity contribution in [2.24, 2.45) is 5.92 Å². The summed E-state index contributed by atoms with van der Waals surface area (Å²) in [4.78, 5) is 4.44. The molecule has 5 nitrogen and oxygen atoms in total. The van der Waals surface area contributed by atoms with Gasteiger partial charge in [-0.25, -0.2) is 4.98 Å². The molecule has 1 heterocycles. The van der Waals surface area contributed by atoms with Crippen LogP contribution in [-0.2, 0) is 12.8 Å². The van der Waals surface area contributed by atoms with Crippen LogP contribution in [-0.4, -0.2) is 32.9 Å². The molecule has 0 saturated carbocycles. The number of aliphatic hydroxyl groups is 1. The van der Waals surface area contributed by atoms with Crippen LogP contribution in [0.5, 0.6) is 0 Å². The van der Waals surface area contributed by atoms with Gasteiger partial charge in [-0.2, -0.15) is 5.10 Å². The Labute approximate surface area is 103 Å². The summed E-state index contributed by atoms with van der Waals surface area (Å²) >= 11 is 0. The van der Waals surface area contributed by atoms with Gasteiger partial charge >= 0.3 is 0 Å². The van der Waals surface area contributed by atoms with Gasteiger partial charge in [0, 0.05) is 0 Å². The fraction of sp³-hybridized carbons (Fsp3) is 0.750. The summed E-state index contributed by atoms with van der Waals surface area (Å²) < 4.78 is 0. The lowest BCUT2D eigenvalue weighted by atomic mass is 10.1. The molecule has 0 aliphatic heterocycles. The van der Waals surface area contributed by atoms with Crippen LogP contribution in [0, 0.1) is 5.92 Å². The zero-order chi connectivity index (χ0) is 12.8. The minimum absolute atomic E-state index is 0.0333. The van der Waals surface area contributed by atoms with E-state index in [1.165, 1.54) is 0 Å². The van der Waals surface area contributed by atoms with E-state index in [0.29, 0.717) is 11.9 Å². The molecule has 1 aromatic heterocycles. The van der Waals surface area contributed by atoms with Gasteiger partial charge < -0.3 is 10.4 Å². The Morgan fingerprint density at radius 1 is 1.12 bits per heavy atom. The molecule has 0 saturated heterocycles. The minimum atomic E-state index is -0.0333. The van der Waals surface area contributed by atoms with Gasteiger partial charge in [-0.1, -0.05) is 27.7 Å². The number of nitrogens with zero attached hydrogens (tertiary/aromatic N) is 3. The summed E-state index contributed by atoms with van der Waals surface area (Å²) in [5.41, 5.74) is 1.92. The first-order valence-electron chi connectivity index (χ1n) is 6.22. The molecule has 0 fully saturated rings. The monoisotopic (exact) mass is 238 g/mol. The number of aliphatic hydroxyl groups excluding tert-OH is 1. The number of hydrogen-bond acceptors (Lipinski definition) is 5. The van der Waals surface area contributed by atoms with Gasteiger partial charge in [0.2, 0.25) is 5.95 Å². The Morgan fingerprint density at radius 2 is 1.76 bits per heavy atom. The first kappa shape index (κ1) is 13.8. The summed E-state index contributed by atoms with van der Waals surface area (Å²) in [6.07, 6.45) is 1.69. The van der Waals surface area contributed by atoms with Crippen LogP contribution >= 0.6 is 0 Å². The van der Waals surface area contributed by atoms with Crippen molar-refractivity contribution in [1.29, 1.82) is 0 Å². The maximum Gasteiger partial charge on any atom is 0.243 e. The first-order chi connectivity index (χ1) is 8.12. The van der Waals surface area contributed by atoms with Crippen molar-refractivity contribution in [3.63, 3.8) is 0 Å². The summed E-state index contributed by atoms with van der Waals surface area (Å²) in [6.45, 7) is 8.25. The molecule has 0 aliphatic rings. The average molecular weight is 238 g/mol. The molecule has 5 heteroatoms. The number of aromatic nitrogens is 3. The molecule has 0 bridgehead atoms. The minimum Gasteiger partial charge on any atom is -0.394 e. The van der Waals surface area contributed by atoms with Crippen LogP contribution in [0.4, 0.5) is 5.95 Å². The van der Waals surface area contributed by atoms with Gasteiger partial charge in [0.15, 0.2) is 0 Å². The molecule has 1 unspecified atom stereocenters. The highest BCUT2D eigenvalue weighted by molar-refractivity contribution is 5.27. The number of hydrogen-bond donors (Lipinski definition) is 2. The lowest BCUT2D eigenvalue weighted by molar-refractivity contribution is 0.248. The van der Waals surface area contributed by atoms with Crippen molar-refractivity contribution in [1.82, 2.24) is 15.2 Å². The zero-order valence-corrected chi connectivity index (χ0v) is 11.1. The highest BCUT2D eigenvalue weighted by atomic mass is 16.3. The summed E-state index contributed by atoms with van der Waals surface area (Å²) in [5, 5.41) is 20.6. The molecular formula is C12H22N4O. The second-order valence-corrected chi connectivity index (χ2v) is 4.41. The summed E-state index contributed by atoms with van der Waals surface area (Å²) in [6, 6.07) is -0.0333. The van der Waals surface area contributed by atoms with Crippen molar-refractivity contribution in [2.45, 2.75) is 46.6 Å². The molecule has 0 spiro atoms. The van der Waals surface area contributed by atoms with E-state index in [2.05, 4.69) is 27.4 Å². The molecule has 2 N–H and O–H groups in total. The maximum absolute atomic E-state index is 9.25. The maximum atomic E-state index is 9.25. The molecule has 0 aliphatic carbocycles. The molecule has 96 valence electrons. The van der Waals surface area contributed by atoms with Gasteiger partial charge in [0.05, 0.1) is 24.0 Å². The number of nitrogens with one attached hydrogen (secondary N) is 1. The second kappa shape index (κ2) is 6.49. The van der Waals surface area contributed by atoms with Crippen LogP contribution in [0.1, 0.15) is 39.1 Å². The third-order valence-electron chi connectivity index (χ3n) is 2.83. The van der Waals surface area contributed by atoms with Gasteiger partial charge in [-0.05, 0) is 18.8 Å². The molecule has 0 radical (unpaired) electrons. The smallest absolute Gasteiger partial charge is 0.243 e. The Kier molecular flexibility index (Phi) is 5.28. The molecule has 0 aromatic carbocycles. The second-order valence-electron chi connectivity index (χ2n) is 4.41. The summed E-state index contributed by atoms with van der Waals surface area (Å²) in [7, 11) is 0. The quantitative estimate of drug-likeness (QED) is 0.784. The highest BCUT2D eigenvalue weighted by Gasteiger charge is 2.14. The van der Waals surface area contributed by atoms with Crippen LogP contribution in [0.3, 0.4) is 0 Å². The Hall–Kier alpha value is -1.23. The van der Waals surface area contributed by atoms with Crippen molar-refractivity contribution in [2.75, 3.05) is 11.9 Å². The van der Waals surface area contributed by atoms with Gasteiger partial charge in [0.1, 0.15) is 0 Å². The number of anilines is 1. The van der Waals surface area contributed by atoms with Crippen LogP contribution in [0.25, 0.3) is 0 Å². The zero-order valence-electron chi connectivity index (χ0n) is 11.1. The Bertz CT molecular complexity index is 354. The lowest BCUT2D eigenvalue weighted by Crippen LogP contribution is -2.30. The molecular weight excluding hydrogens is 216 g/mol. The SMILES string of the molecule is CCc1nnc(NC(CO)C(C)C)nc1CC. The van der Waals surface area contributed by atoms with Crippen molar-refractivity contribution < 1.29 is 5.11 Å². The average Bonchev–Trinajstić information content (AvgIpc) is 2.35. The van der Waals surface area contributed by atoms with E-state index < -0.39 is 0 Å². The molecule has 0 amide bonds. The molecule has 1 atom stereocenters. The third-order valence-corrected chi connectivity index (χ3v) is 2.83. The summed E-state index contributed by atoms with van der Waals surface area (Å²) in [5.74, 6) is 0.825. The largest absolute Gasteiger partial charge is 0.394 e. The first-order valence-corrected chi connectivity index (χ1v) is 6.22. The fourth-order valence-corrected chi connectivity index (χ4v) is 1.59. The normalized spacial score (nSPS) is 12.8. The molecule has 1 rings (SSSR count). The van der Waals surface area contributed by atoms with E-state index in [4.69, 9.17) is 0 Å². The molecule has 1 aromatic rings. The Balaban J connectivity index is 2.85. The number of aryl methyl sites for hydroxylation is 2. The highest BCUT2D eigenvalue weighted by Crippen LogP contribution is 2.10. The van der Waals surface area contributed by atoms with E-state index in [1.807, 2.05) is 20.8 Å². The van der Waals surface area contributed by atoms with Crippen LogP contribution in [0.15, 0.2) is 0 Å². The lowest BCUT2D eigenvalue weighted by Gasteiger charge is -2.19. The van der Waals surface area contributed by atoms with Crippen LogP contribution in [0.2, 0.25) is 0 Å². The van der Waals surface area contributed by atoms with Crippen molar-refractivity contribution in [3.05, 3.63) is 11.4 Å². The van der Waals surface area contributed by atoms with E-state index in [1.54, 1.807) is 0 Å². The number of rotatable bonds is 6. The van der Waals surface area contributed by atoms with Crippen molar-refractivity contribution in [3.8, 4) is 0 Å². The van der Waals surface area contributed by atoms with Gasteiger partial charge in [0.25, 0.3) is 0 Å².